The number of hydrogen-bond donors (Lipinski definition) is 1. The van der Waals surface area contributed by atoms with E-state index in [0.717, 1.165) is 11.5 Å². The Labute approximate surface area is 170 Å². The molecular formula is C16H22F2N5O6P. The van der Waals surface area contributed by atoms with Gasteiger partial charge in [0.05, 0.1) is 19.0 Å². The SMILES string of the molecule is CCOc1nc(N)nc2c1ncn2[C@@H]1OC2(F)COP(=O)(OC(C)C)O[C@H]2[C@@]1(C)F. The quantitative estimate of drug-likeness (QED) is 0.679. The second kappa shape index (κ2) is 7.06. The normalized spacial score (nSPS) is 36.4. The van der Waals surface area contributed by atoms with Crippen molar-refractivity contribution in [1.29, 1.82) is 0 Å². The van der Waals surface area contributed by atoms with Crippen LogP contribution < -0.4 is 10.5 Å². The van der Waals surface area contributed by atoms with Gasteiger partial charge in [-0.15, -0.1) is 0 Å². The molecule has 0 aromatic carbocycles. The predicted octanol–water partition coefficient (Wildman–Crippen LogP) is 2.68. The van der Waals surface area contributed by atoms with Crippen molar-refractivity contribution in [1.82, 2.24) is 19.5 Å². The topological polar surface area (TPSA) is 133 Å². The van der Waals surface area contributed by atoms with Gasteiger partial charge in [0, 0.05) is 0 Å². The molecule has 2 aliphatic rings. The van der Waals surface area contributed by atoms with Gasteiger partial charge in [-0.3, -0.25) is 18.1 Å². The standard InChI is InChI=1S/C16H22F2N5O6P/c1-5-25-11-9-10(21-14(19)22-11)23(7-20-9)13-15(4,17)12-16(18,27-13)6-26-30(24,29-12)28-8(2)3/h7-8,12-13H,5-6H2,1-4H3,(H2,19,21,22)/t12-,13+,15+,16?,30?/m0/s1. The summed E-state index contributed by atoms with van der Waals surface area (Å²) in [7, 11) is -4.19. The molecular weight excluding hydrogens is 427 g/mol. The lowest BCUT2D eigenvalue weighted by atomic mass is 9.97. The van der Waals surface area contributed by atoms with Crippen molar-refractivity contribution in [3.05, 3.63) is 6.33 Å². The minimum absolute atomic E-state index is 0.0737. The van der Waals surface area contributed by atoms with Crippen LogP contribution in [0.4, 0.5) is 14.7 Å². The summed E-state index contributed by atoms with van der Waals surface area (Å²) >= 11 is 0. The highest BCUT2D eigenvalue weighted by atomic mass is 31.2. The highest BCUT2D eigenvalue weighted by Gasteiger charge is 2.70. The zero-order chi connectivity index (χ0) is 21.9. The van der Waals surface area contributed by atoms with Crippen LogP contribution in [0.5, 0.6) is 5.88 Å². The van der Waals surface area contributed by atoms with E-state index in [0.29, 0.717) is 0 Å². The van der Waals surface area contributed by atoms with Crippen molar-refractivity contribution < 1.29 is 36.4 Å². The molecule has 5 atom stereocenters. The van der Waals surface area contributed by atoms with E-state index in [9.17, 15) is 4.57 Å². The number of hydrogen-bond acceptors (Lipinski definition) is 10. The van der Waals surface area contributed by atoms with E-state index in [1.165, 1.54) is 6.33 Å². The molecule has 30 heavy (non-hydrogen) atoms. The van der Waals surface area contributed by atoms with Crippen LogP contribution in [0.15, 0.2) is 6.33 Å². The van der Waals surface area contributed by atoms with E-state index >= 15 is 8.78 Å². The summed E-state index contributed by atoms with van der Waals surface area (Å²) < 4.78 is 71.2. The molecule has 0 aliphatic carbocycles. The number of fused-ring (bicyclic) bond motifs is 2. The summed E-state index contributed by atoms with van der Waals surface area (Å²) in [5.41, 5.74) is 3.49. The molecule has 0 bridgehead atoms. The number of ether oxygens (including phenoxy) is 2. The van der Waals surface area contributed by atoms with Crippen LogP contribution in [0, 0.1) is 0 Å². The molecule has 0 amide bonds. The fraction of sp³-hybridized carbons (Fsp3) is 0.688. The monoisotopic (exact) mass is 449 g/mol. The Hall–Kier alpha value is -1.92. The number of halogens is 2. The largest absolute Gasteiger partial charge is 0.476 e. The Kier molecular flexibility index (Phi) is 5.02. The number of nitrogen functional groups attached to an aromatic ring is 1. The average Bonchev–Trinajstić information content (AvgIpc) is 3.13. The number of phosphoric acid groups is 1. The molecule has 2 N–H and O–H groups in total. The number of rotatable bonds is 5. The van der Waals surface area contributed by atoms with Gasteiger partial charge in [-0.1, -0.05) is 0 Å². The third kappa shape index (κ3) is 3.34. The number of nitrogens with zero attached hydrogens (tertiary/aromatic N) is 4. The minimum Gasteiger partial charge on any atom is -0.476 e. The van der Waals surface area contributed by atoms with Gasteiger partial charge < -0.3 is 15.2 Å². The number of imidazole rings is 1. The molecule has 11 nitrogen and oxygen atoms in total. The van der Waals surface area contributed by atoms with Gasteiger partial charge in [-0.05, 0) is 27.7 Å². The first kappa shape index (κ1) is 21.3. The average molecular weight is 449 g/mol. The van der Waals surface area contributed by atoms with Crippen LogP contribution in [0.3, 0.4) is 0 Å². The van der Waals surface area contributed by atoms with Crippen LogP contribution in [0.2, 0.25) is 0 Å². The Morgan fingerprint density at radius 2 is 2.17 bits per heavy atom. The lowest BCUT2D eigenvalue weighted by Crippen LogP contribution is -2.51. The summed E-state index contributed by atoms with van der Waals surface area (Å²) in [5.74, 6) is -2.77. The third-order valence-corrected chi connectivity index (χ3v) is 6.22. The van der Waals surface area contributed by atoms with Gasteiger partial charge in [0.1, 0.15) is 6.61 Å². The van der Waals surface area contributed by atoms with Gasteiger partial charge >= 0.3 is 7.82 Å². The van der Waals surface area contributed by atoms with Gasteiger partial charge in [-0.25, -0.2) is 18.3 Å². The summed E-state index contributed by atoms with van der Waals surface area (Å²) in [6.07, 6.45) is -2.83. The number of phosphoric ester groups is 1. The molecule has 2 saturated heterocycles. The summed E-state index contributed by atoms with van der Waals surface area (Å²) in [5, 5.41) is 0. The van der Waals surface area contributed by atoms with Crippen LogP contribution in [0.25, 0.3) is 11.2 Å². The van der Waals surface area contributed by atoms with E-state index in [4.69, 9.17) is 28.8 Å². The summed E-state index contributed by atoms with van der Waals surface area (Å²) in [6.45, 7) is 5.42. The smallest absolute Gasteiger partial charge is 0.475 e. The number of aromatic nitrogens is 4. The lowest BCUT2D eigenvalue weighted by molar-refractivity contribution is -0.220. The first-order valence-electron chi connectivity index (χ1n) is 9.29. The molecule has 0 saturated carbocycles. The van der Waals surface area contributed by atoms with Crippen LogP contribution >= 0.6 is 7.82 Å². The van der Waals surface area contributed by atoms with E-state index in [1.807, 2.05) is 0 Å². The van der Waals surface area contributed by atoms with Crippen molar-refractivity contribution in [2.45, 2.75) is 57.7 Å². The second-order valence-corrected chi connectivity index (χ2v) is 8.99. The molecule has 2 aromatic heterocycles. The molecule has 2 aliphatic heterocycles. The maximum atomic E-state index is 15.9. The van der Waals surface area contributed by atoms with Gasteiger partial charge in [-0.2, -0.15) is 9.97 Å². The van der Waals surface area contributed by atoms with Crippen molar-refractivity contribution in [3.8, 4) is 5.88 Å². The zero-order valence-corrected chi connectivity index (χ0v) is 17.6. The fourth-order valence-electron chi connectivity index (χ4n) is 3.49. The first-order valence-corrected chi connectivity index (χ1v) is 10.7. The predicted molar refractivity (Wildman–Crippen MR) is 99.0 cm³/mol. The fourth-order valence-corrected chi connectivity index (χ4v) is 5.13. The minimum atomic E-state index is -4.19. The van der Waals surface area contributed by atoms with E-state index in [1.54, 1.807) is 20.8 Å². The first-order chi connectivity index (χ1) is 14.0. The van der Waals surface area contributed by atoms with E-state index in [2.05, 4.69) is 15.0 Å². The van der Waals surface area contributed by atoms with E-state index in [-0.39, 0.29) is 29.6 Å². The molecule has 2 fully saturated rings. The van der Waals surface area contributed by atoms with Crippen molar-refractivity contribution >= 4 is 24.9 Å². The number of alkyl halides is 2. The third-order valence-electron chi connectivity index (χ3n) is 4.63. The highest BCUT2D eigenvalue weighted by molar-refractivity contribution is 7.48. The Balaban J connectivity index is 1.74. The number of anilines is 1. The Morgan fingerprint density at radius 1 is 1.43 bits per heavy atom. The summed E-state index contributed by atoms with van der Waals surface area (Å²) in [4.78, 5) is 12.2. The lowest BCUT2D eigenvalue weighted by Gasteiger charge is -2.36. The van der Waals surface area contributed by atoms with Gasteiger partial charge in [0.2, 0.25) is 11.8 Å². The summed E-state index contributed by atoms with van der Waals surface area (Å²) in [6, 6.07) is 0. The van der Waals surface area contributed by atoms with Crippen molar-refractivity contribution in [3.63, 3.8) is 0 Å². The van der Waals surface area contributed by atoms with Crippen molar-refractivity contribution in [2.24, 2.45) is 0 Å². The maximum Gasteiger partial charge on any atom is 0.475 e. The van der Waals surface area contributed by atoms with E-state index < -0.39 is 44.4 Å². The van der Waals surface area contributed by atoms with Crippen molar-refractivity contribution in [2.75, 3.05) is 18.9 Å². The second-order valence-electron chi connectivity index (χ2n) is 7.41. The molecule has 166 valence electrons. The van der Waals surface area contributed by atoms with Gasteiger partial charge in [0.15, 0.2) is 29.2 Å². The number of nitrogens with two attached hydrogens (primary N) is 1. The molecule has 0 spiro atoms. The molecule has 14 heteroatoms. The molecule has 2 unspecified atom stereocenters. The maximum absolute atomic E-state index is 15.9. The Morgan fingerprint density at radius 3 is 2.83 bits per heavy atom. The Bertz CT molecular complexity index is 1020. The van der Waals surface area contributed by atoms with Gasteiger partial charge in [0.25, 0.3) is 5.85 Å². The zero-order valence-electron chi connectivity index (χ0n) is 16.7. The molecule has 4 heterocycles. The van der Waals surface area contributed by atoms with Crippen LogP contribution in [0.1, 0.15) is 33.9 Å². The molecule has 4 rings (SSSR count). The highest BCUT2D eigenvalue weighted by Crippen LogP contribution is 2.63. The molecule has 2 aromatic rings. The van der Waals surface area contributed by atoms with Crippen LogP contribution in [-0.2, 0) is 22.9 Å². The molecule has 0 radical (unpaired) electrons. The van der Waals surface area contributed by atoms with Crippen LogP contribution in [-0.4, -0.2) is 56.5 Å².